The number of nitrogens with zero attached hydrogens (tertiary/aromatic N) is 4. The Morgan fingerprint density at radius 3 is 2.73 bits per heavy atom. The average molecular weight is 427 g/mol. The van der Waals surface area contributed by atoms with E-state index in [1.165, 1.54) is 18.5 Å². The fourth-order valence-electron chi connectivity index (χ4n) is 3.47. The molecule has 0 N–H and O–H groups in total. The quantitative estimate of drug-likeness (QED) is 0.618. The van der Waals surface area contributed by atoms with Crippen molar-refractivity contribution in [3.8, 4) is 11.6 Å². The van der Waals surface area contributed by atoms with Crippen LogP contribution in [0, 0.1) is 5.82 Å². The van der Waals surface area contributed by atoms with Crippen LogP contribution in [0.4, 0.5) is 10.2 Å². The maximum atomic E-state index is 13.4. The molecule has 4 rings (SSSR count). The van der Waals surface area contributed by atoms with Crippen molar-refractivity contribution in [3.05, 3.63) is 77.3 Å². The van der Waals surface area contributed by atoms with E-state index >= 15 is 0 Å². The SMILES string of the molecule is CC1CN(c2cc(Oc3cccc(F)c3)ncn2)CCN1C(=O)c1ccccc1Cl. The van der Waals surface area contributed by atoms with Gasteiger partial charge in [0.15, 0.2) is 0 Å². The van der Waals surface area contributed by atoms with Crippen LogP contribution in [0.5, 0.6) is 11.6 Å². The molecule has 1 aliphatic rings. The minimum Gasteiger partial charge on any atom is -0.439 e. The molecule has 1 amide bonds. The van der Waals surface area contributed by atoms with Gasteiger partial charge in [-0.25, -0.2) is 14.4 Å². The molecular weight excluding hydrogens is 407 g/mol. The maximum Gasteiger partial charge on any atom is 0.255 e. The second kappa shape index (κ2) is 8.67. The van der Waals surface area contributed by atoms with Crippen molar-refractivity contribution in [2.45, 2.75) is 13.0 Å². The lowest BCUT2D eigenvalue weighted by molar-refractivity contribution is 0.0674. The van der Waals surface area contributed by atoms with Gasteiger partial charge < -0.3 is 14.5 Å². The second-order valence-electron chi connectivity index (χ2n) is 7.05. The third-order valence-corrected chi connectivity index (χ3v) is 5.29. The summed E-state index contributed by atoms with van der Waals surface area (Å²) in [5, 5.41) is 0.451. The van der Waals surface area contributed by atoms with Crippen molar-refractivity contribution in [1.82, 2.24) is 14.9 Å². The minimum absolute atomic E-state index is 0.0370. The van der Waals surface area contributed by atoms with Gasteiger partial charge in [-0.2, -0.15) is 0 Å². The van der Waals surface area contributed by atoms with E-state index < -0.39 is 0 Å². The Labute approximate surface area is 178 Å². The number of benzene rings is 2. The number of carbonyl (C=O) groups excluding carboxylic acids is 1. The summed E-state index contributed by atoms with van der Waals surface area (Å²) in [6.07, 6.45) is 1.41. The van der Waals surface area contributed by atoms with E-state index in [1.54, 1.807) is 42.5 Å². The van der Waals surface area contributed by atoms with Crippen LogP contribution in [-0.2, 0) is 0 Å². The number of anilines is 1. The predicted molar refractivity (Wildman–Crippen MR) is 113 cm³/mol. The first-order chi connectivity index (χ1) is 14.5. The lowest BCUT2D eigenvalue weighted by Gasteiger charge is -2.40. The molecule has 1 fully saturated rings. The van der Waals surface area contributed by atoms with Gasteiger partial charge in [-0.05, 0) is 31.2 Å². The number of rotatable bonds is 4. The van der Waals surface area contributed by atoms with Gasteiger partial charge in [0.05, 0.1) is 10.6 Å². The smallest absolute Gasteiger partial charge is 0.255 e. The topological polar surface area (TPSA) is 58.6 Å². The highest BCUT2D eigenvalue weighted by atomic mass is 35.5. The molecule has 6 nitrogen and oxygen atoms in total. The summed E-state index contributed by atoms with van der Waals surface area (Å²) < 4.78 is 19.0. The monoisotopic (exact) mass is 426 g/mol. The summed E-state index contributed by atoms with van der Waals surface area (Å²) in [6, 6.07) is 14.6. The number of carbonyl (C=O) groups is 1. The van der Waals surface area contributed by atoms with Crippen LogP contribution in [0.25, 0.3) is 0 Å². The van der Waals surface area contributed by atoms with Crippen LogP contribution in [-0.4, -0.2) is 46.5 Å². The van der Waals surface area contributed by atoms with Gasteiger partial charge in [0, 0.05) is 37.8 Å². The Morgan fingerprint density at radius 2 is 1.97 bits per heavy atom. The summed E-state index contributed by atoms with van der Waals surface area (Å²) in [7, 11) is 0. The van der Waals surface area contributed by atoms with Crippen LogP contribution in [0.3, 0.4) is 0 Å². The Morgan fingerprint density at radius 1 is 1.13 bits per heavy atom. The zero-order chi connectivity index (χ0) is 21.1. The standard InChI is InChI=1S/C22H20ClFN4O2/c1-15-13-27(9-10-28(15)22(29)18-7-2-3-8-19(18)23)20-12-21(26-14-25-20)30-17-6-4-5-16(24)11-17/h2-8,11-12,14-15H,9-10,13H2,1H3. The first-order valence-corrected chi connectivity index (χ1v) is 9.95. The Bertz CT molecular complexity index is 1060. The summed E-state index contributed by atoms with van der Waals surface area (Å²) in [5.41, 5.74) is 0.507. The molecule has 1 aliphatic heterocycles. The van der Waals surface area contributed by atoms with Crippen molar-refractivity contribution >= 4 is 23.3 Å². The highest BCUT2D eigenvalue weighted by Crippen LogP contribution is 2.25. The Kier molecular flexibility index (Phi) is 5.81. The molecule has 0 spiro atoms. The Hall–Kier alpha value is -3.19. The van der Waals surface area contributed by atoms with E-state index in [-0.39, 0.29) is 17.8 Å². The normalized spacial score (nSPS) is 16.4. The second-order valence-corrected chi connectivity index (χ2v) is 7.45. The van der Waals surface area contributed by atoms with Gasteiger partial charge >= 0.3 is 0 Å². The molecule has 0 saturated carbocycles. The van der Waals surface area contributed by atoms with Crippen molar-refractivity contribution in [1.29, 1.82) is 0 Å². The van der Waals surface area contributed by atoms with Gasteiger partial charge in [-0.15, -0.1) is 0 Å². The van der Waals surface area contributed by atoms with Gasteiger partial charge in [-0.1, -0.05) is 29.8 Å². The molecule has 30 heavy (non-hydrogen) atoms. The van der Waals surface area contributed by atoms with Gasteiger partial charge in [0.25, 0.3) is 5.91 Å². The van der Waals surface area contributed by atoms with Gasteiger partial charge in [-0.3, -0.25) is 4.79 Å². The van der Waals surface area contributed by atoms with E-state index in [4.69, 9.17) is 16.3 Å². The van der Waals surface area contributed by atoms with Crippen LogP contribution < -0.4 is 9.64 Å². The molecule has 0 aliphatic carbocycles. The molecule has 1 saturated heterocycles. The van der Waals surface area contributed by atoms with Crippen LogP contribution >= 0.6 is 11.6 Å². The molecule has 0 radical (unpaired) electrons. The lowest BCUT2D eigenvalue weighted by atomic mass is 10.1. The van der Waals surface area contributed by atoms with Crippen molar-refractivity contribution in [2.75, 3.05) is 24.5 Å². The minimum atomic E-state index is -0.380. The summed E-state index contributed by atoms with van der Waals surface area (Å²) >= 11 is 6.19. The molecule has 1 aromatic heterocycles. The zero-order valence-electron chi connectivity index (χ0n) is 16.3. The van der Waals surface area contributed by atoms with Crippen LogP contribution in [0.2, 0.25) is 5.02 Å². The van der Waals surface area contributed by atoms with Gasteiger partial charge in [0.2, 0.25) is 5.88 Å². The number of hydrogen-bond donors (Lipinski definition) is 0. The van der Waals surface area contributed by atoms with E-state index in [0.29, 0.717) is 47.7 Å². The Balaban J connectivity index is 1.45. The highest BCUT2D eigenvalue weighted by molar-refractivity contribution is 6.33. The predicted octanol–water partition coefficient (Wildman–Crippen LogP) is 4.41. The largest absolute Gasteiger partial charge is 0.439 e. The van der Waals surface area contributed by atoms with Crippen molar-refractivity contribution in [2.24, 2.45) is 0 Å². The lowest BCUT2D eigenvalue weighted by Crippen LogP contribution is -2.54. The maximum absolute atomic E-state index is 13.4. The van der Waals surface area contributed by atoms with Crippen molar-refractivity contribution in [3.63, 3.8) is 0 Å². The first-order valence-electron chi connectivity index (χ1n) is 9.57. The number of amides is 1. The van der Waals surface area contributed by atoms with E-state index in [1.807, 2.05) is 11.8 Å². The van der Waals surface area contributed by atoms with E-state index in [2.05, 4.69) is 14.9 Å². The number of aromatic nitrogens is 2. The van der Waals surface area contributed by atoms with E-state index in [0.717, 1.165) is 0 Å². The third kappa shape index (κ3) is 4.36. The highest BCUT2D eigenvalue weighted by Gasteiger charge is 2.29. The molecule has 0 bridgehead atoms. The molecule has 1 atom stereocenters. The number of hydrogen-bond acceptors (Lipinski definition) is 5. The molecule has 1 unspecified atom stereocenters. The summed E-state index contributed by atoms with van der Waals surface area (Å²) in [6.45, 7) is 3.74. The molecule has 154 valence electrons. The number of piperazine rings is 1. The van der Waals surface area contributed by atoms with Gasteiger partial charge in [0.1, 0.15) is 23.7 Å². The molecular formula is C22H20ClFN4O2. The summed E-state index contributed by atoms with van der Waals surface area (Å²) in [4.78, 5) is 25.2. The fourth-order valence-corrected chi connectivity index (χ4v) is 3.68. The van der Waals surface area contributed by atoms with Crippen LogP contribution in [0.15, 0.2) is 60.9 Å². The molecule has 3 aromatic rings. The average Bonchev–Trinajstić information content (AvgIpc) is 2.74. The van der Waals surface area contributed by atoms with Crippen molar-refractivity contribution < 1.29 is 13.9 Å². The third-order valence-electron chi connectivity index (χ3n) is 4.96. The molecule has 2 heterocycles. The summed E-state index contributed by atoms with van der Waals surface area (Å²) in [5.74, 6) is 0.921. The first kappa shape index (κ1) is 20.1. The molecule has 2 aromatic carbocycles. The number of ether oxygens (including phenoxy) is 1. The van der Waals surface area contributed by atoms with E-state index in [9.17, 15) is 9.18 Å². The van der Waals surface area contributed by atoms with Crippen LogP contribution in [0.1, 0.15) is 17.3 Å². The fraction of sp³-hybridized carbons (Fsp3) is 0.227. The number of halogens is 2. The molecule has 8 heteroatoms. The zero-order valence-corrected chi connectivity index (χ0v) is 17.1.